The number of methoxy groups -OCH3 is 2. The summed E-state index contributed by atoms with van der Waals surface area (Å²) in [6.07, 6.45) is 7.98. The van der Waals surface area contributed by atoms with Gasteiger partial charge in [0.2, 0.25) is 11.9 Å². The summed E-state index contributed by atoms with van der Waals surface area (Å²) >= 11 is 13.6. The maximum Gasteiger partial charge on any atom is 0.368 e. The number of likely N-dealkylation sites (N-methyl/N-ethyl adjacent to an activating group) is 1. The van der Waals surface area contributed by atoms with Gasteiger partial charge in [0.25, 0.3) is 0 Å². The topological polar surface area (TPSA) is 156 Å². The zero-order valence-corrected chi connectivity index (χ0v) is 31.3. The van der Waals surface area contributed by atoms with Crippen molar-refractivity contribution in [1.82, 2.24) is 14.9 Å². The second-order valence-electron chi connectivity index (χ2n) is 13.5. The molecule has 15 nitrogen and oxygen atoms in total. The van der Waals surface area contributed by atoms with Crippen LogP contribution in [0, 0.1) is 10.1 Å². The highest BCUT2D eigenvalue weighted by molar-refractivity contribution is 6.42. The number of nitro groups is 1. The van der Waals surface area contributed by atoms with Crippen LogP contribution in [0.15, 0.2) is 71.1 Å². The molecule has 0 bridgehead atoms. The van der Waals surface area contributed by atoms with Crippen LogP contribution in [-0.2, 0) is 11.3 Å². The van der Waals surface area contributed by atoms with Crippen molar-refractivity contribution in [3.63, 3.8) is 0 Å². The zero-order chi connectivity index (χ0) is 37.9. The summed E-state index contributed by atoms with van der Waals surface area (Å²) in [7, 11) is 6.84. The predicted octanol–water partition coefficient (Wildman–Crippen LogP) is 6.08. The van der Waals surface area contributed by atoms with Crippen LogP contribution in [-0.4, -0.2) is 103 Å². The van der Waals surface area contributed by atoms with Crippen molar-refractivity contribution in [2.24, 2.45) is 4.99 Å². The maximum atomic E-state index is 14.6. The minimum atomic E-state index is -0.455. The van der Waals surface area contributed by atoms with Crippen molar-refractivity contribution in [2.75, 3.05) is 69.6 Å². The molecule has 0 unspecified atom stereocenters. The number of aliphatic imine (C=N–C) groups is 1. The quantitative estimate of drug-likeness (QED) is 0.100. The molecular formula is C36H40Cl2N9O6+. The molecule has 17 heteroatoms. The van der Waals surface area contributed by atoms with Crippen molar-refractivity contribution >= 4 is 64.5 Å². The number of amides is 3. The highest BCUT2D eigenvalue weighted by Crippen LogP contribution is 2.48. The number of nitrogens with one attached hydrogen (secondary N) is 1. The Morgan fingerprint density at radius 3 is 2.43 bits per heavy atom. The number of fused-ring (bicyclic) bond motifs is 1. The van der Waals surface area contributed by atoms with E-state index < -0.39 is 11.0 Å². The Balaban J connectivity index is 1.22. The number of carbonyl (C=O) groups is 2. The molecule has 3 amide bonds. The van der Waals surface area contributed by atoms with Gasteiger partial charge in [-0.1, -0.05) is 46.4 Å². The van der Waals surface area contributed by atoms with Gasteiger partial charge in [0, 0.05) is 55.1 Å². The molecule has 53 heavy (non-hydrogen) atoms. The number of likely N-dealkylation sites (tertiary alicyclic amines) is 1. The van der Waals surface area contributed by atoms with Crippen molar-refractivity contribution in [1.29, 1.82) is 0 Å². The number of carbonyl (C=O) groups excluding carboxylic acids is 2. The molecule has 4 heterocycles. The molecule has 3 aromatic rings. The van der Waals surface area contributed by atoms with Gasteiger partial charge >= 0.3 is 11.9 Å². The van der Waals surface area contributed by atoms with E-state index in [1.54, 1.807) is 40.4 Å². The Kier molecular flexibility index (Phi) is 11.2. The van der Waals surface area contributed by atoms with E-state index in [9.17, 15) is 19.7 Å². The lowest BCUT2D eigenvalue weighted by molar-refractivity contribution is -0.880. The fourth-order valence-electron chi connectivity index (χ4n) is 6.71. The summed E-state index contributed by atoms with van der Waals surface area (Å²) in [4.78, 5) is 57.0. The second-order valence-corrected chi connectivity index (χ2v) is 14.2. The number of hydrogen-bond donors (Lipinski definition) is 1. The summed E-state index contributed by atoms with van der Waals surface area (Å²) in [5.74, 6) is 1.12. The number of ether oxygens (including phenoxy) is 2. The fraction of sp³-hybridized carbons (Fsp3) is 0.361. The molecular weight excluding hydrogens is 725 g/mol. The molecule has 1 N–H and O–H groups in total. The predicted molar refractivity (Wildman–Crippen MR) is 203 cm³/mol. The lowest BCUT2D eigenvalue weighted by Gasteiger charge is -2.43. The number of piperidine rings is 1. The molecule has 0 spiro atoms. The number of anilines is 4. The molecule has 2 aromatic carbocycles. The number of para-hydroxylation sites is 1. The van der Waals surface area contributed by atoms with Crippen molar-refractivity contribution < 1.29 is 28.5 Å². The third-order valence-electron chi connectivity index (χ3n) is 9.35. The summed E-state index contributed by atoms with van der Waals surface area (Å²) in [6, 6.07) is 10.3. The van der Waals surface area contributed by atoms with Gasteiger partial charge in [0.15, 0.2) is 0 Å². The first-order valence-electron chi connectivity index (χ1n) is 17.0. The summed E-state index contributed by atoms with van der Waals surface area (Å²) < 4.78 is 11.4. The number of rotatable bonds is 12. The number of hydrogen-bond acceptors (Lipinski definition) is 10. The van der Waals surface area contributed by atoms with Gasteiger partial charge in [-0.15, -0.1) is 0 Å². The Morgan fingerprint density at radius 1 is 1.11 bits per heavy atom. The monoisotopic (exact) mass is 764 g/mol. The fourth-order valence-corrected chi connectivity index (χ4v) is 7.41. The molecule has 0 aliphatic carbocycles. The van der Waals surface area contributed by atoms with Gasteiger partial charge in [0.05, 0.1) is 52.7 Å². The minimum Gasteiger partial charge on any atom is -0.495 e. The highest BCUT2D eigenvalue weighted by Gasteiger charge is 2.41. The number of aromatic nitrogens is 2. The maximum absolute atomic E-state index is 14.6. The second kappa shape index (κ2) is 15.8. The van der Waals surface area contributed by atoms with E-state index in [0.29, 0.717) is 84.3 Å². The average Bonchev–Trinajstić information content (AvgIpc) is 3.60. The molecule has 3 aliphatic rings. The SMILES string of the molecule is COc1cc(OC)c(Cl)c(N2Cc3cnc(Nc4ccccc4)nc3N(C3CCN(C(=O)/C=C/C[N+](C)(C)CC4=C([N+](=O)[O-])N=CC4)CC3)C2=O)c1Cl. The van der Waals surface area contributed by atoms with Crippen molar-refractivity contribution in [3.8, 4) is 11.5 Å². The smallest absolute Gasteiger partial charge is 0.368 e. The number of urea groups is 1. The van der Waals surface area contributed by atoms with E-state index >= 15 is 0 Å². The van der Waals surface area contributed by atoms with Crippen LogP contribution in [0.4, 0.5) is 27.9 Å². The molecule has 3 aliphatic heterocycles. The first kappa shape index (κ1) is 37.5. The number of halogens is 2. The van der Waals surface area contributed by atoms with Crippen LogP contribution >= 0.6 is 23.2 Å². The Labute approximate surface area is 316 Å². The van der Waals surface area contributed by atoms with Crippen molar-refractivity contribution in [2.45, 2.75) is 31.8 Å². The van der Waals surface area contributed by atoms with Crippen LogP contribution in [0.2, 0.25) is 10.0 Å². The van der Waals surface area contributed by atoms with E-state index in [4.69, 9.17) is 37.7 Å². The lowest BCUT2D eigenvalue weighted by Crippen LogP contribution is -2.55. The van der Waals surface area contributed by atoms with Gasteiger partial charge < -0.3 is 34.3 Å². The van der Waals surface area contributed by atoms with Crippen LogP contribution in [0.1, 0.15) is 24.8 Å². The molecule has 278 valence electrons. The summed E-state index contributed by atoms with van der Waals surface area (Å²) in [5, 5.41) is 14.8. The summed E-state index contributed by atoms with van der Waals surface area (Å²) in [5.41, 5.74) is 2.36. The molecule has 1 aromatic heterocycles. The molecule has 0 saturated carbocycles. The van der Waals surface area contributed by atoms with Gasteiger partial charge in [-0.3, -0.25) is 14.6 Å². The van der Waals surface area contributed by atoms with Gasteiger partial charge in [-0.05, 0) is 36.0 Å². The Hall–Kier alpha value is -5.25. The van der Waals surface area contributed by atoms with Crippen LogP contribution in [0.5, 0.6) is 11.5 Å². The number of nitrogens with zero attached hydrogens (tertiary/aromatic N) is 8. The first-order valence-corrected chi connectivity index (χ1v) is 17.7. The third kappa shape index (κ3) is 8.06. The Bertz CT molecular complexity index is 1970. The van der Waals surface area contributed by atoms with Crippen LogP contribution in [0.3, 0.4) is 0 Å². The third-order valence-corrected chi connectivity index (χ3v) is 10.1. The van der Waals surface area contributed by atoms with E-state index in [0.717, 1.165) is 5.69 Å². The van der Waals surface area contributed by atoms with Gasteiger partial charge in [-0.2, -0.15) is 4.98 Å². The molecule has 1 saturated heterocycles. The number of benzene rings is 2. The molecule has 0 atom stereocenters. The van der Waals surface area contributed by atoms with E-state index in [-0.39, 0.29) is 40.0 Å². The Morgan fingerprint density at radius 2 is 1.79 bits per heavy atom. The number of quaternary nitrogens is 1. The largest absolute Gasteiger partial charge is 0.495 e. The average molecular weight is 766 g/mol. The van der Waals surface area contributed by atoms with Crippen molar-refractivity contribution in [3.05, 3.63) is 91.9 Å². The van der Waals surface area contributed by atoms with Crippen LogP contribution in [0.25, 0.3) is 0 Å². The van der Waals surface area contributed by atoms with E-state index in [2.05, 4.69) is 15.3 Å². The normalized spacial score (nSPS) is 16.4. The zero-order valence-electron chi connectivity index (χ0n) is 29.8. The highest BCUT2D eigenvalue weighted by atomic mass is 35.5. The lowest BCUT2D eigenvalue weighted by atomic mass is 10.0. The van der Waals surface area contributed by atoms with Gasteiger partial charge in [-0.25, -0.2) is 9.78 Å². The van der Waals surface area contributed by atoms with E-state index in [1.807, 2.05) is 44.4 Å². The first-order chi connectivity index (χ1) is 25.4. The van der Waals surface area contributed by atoms with Gasteiger partial charge in [0.1, 0.15) is 40.1 Å². The van der Waals surface area contributed by atoms with E-state index in [1.165, 1.54) is 19.1 Å². The minimum absolute atomic E-state index is 0.0840. The molecule has 1 fully saturated rings. The molecule has 0 radical (unpaired) electrons. The van der Waals surface area contributed by atoms with Crippen LogP contribution < -0.4 is 24.6 Å². The standard InChI is InChI=1S/C36H40Cl2N9O6/c1-47(2,22-23-12-15-39-33(23)46(50)51)18-8-11-29(48)43-16-13-26(14-17-43)45-34-24(20-40-35(42-34)41-25-9-6-5-7-10-25)21-44(36(45)49)32-30(37)27(52-3)19-28(53-4)31(32)38/h5-11,15,19-20,26H,12-14,16-18,21-22H2,1-4H3,(H,40,41,42)/q+1/b11-8+. The summed E-state index contributed by atoms with van der Waals surface area (Å²) in [6.45, 7) is 1.81. The molecule has 6 rings (SSSR count).